The minimum Gasteiger partial charge on any atom is -0.470 e. The summed E-state index contributed by atoms with van der Waals surface area (Å²) >= 11 is 0. The Balaban J connectivity index is 1.93. The summed E-state index contributed by atoms with van der Waals surface area (Å²) in [6, 6.07) is 9.95. The lowest BCUT2D eigenvalue weighted by atomic mass is 10.2. The maximum atomic E-state index is 8.54. The number of anilines is 1. The summed E-state index contributed by atoms with van der Waals surface area (Å²) in [6.07, 6.45) is 3.72. The molecule has 0 aliphatic heterocycles. The molecule has 0 aliphatic carbocycles. The van der Waals surface area contributed by atoms with E-state index in [0.717, 1.165) is 28.1 Å². The van der Waals surface area contributed by atoms with E-state index in [9.17, 15) is 0 Å². The number of hydrogen-bond donors (Lipinski definition) is 2. The average Bonchev–Trinajstić information content (AvgIpc) is 3.04. The molecule has 0 aliphatic rings. The molecular weight excluding hydrogens is 240 g/mol. The minimum absolute atomic E-state index is 0.449. The number of fused-ring (bicyclic) bond motifs is 1. The molecule has 0 fully saturated rings. The molecule has 19 heavy (non-hydrogen) atoms. The largest absolute Gasteiger partial charge is 0.470 e. The summed E-state index contributed by atoms with van der Waals surface area (Å²) in [6.45, 7) is 0.587. The van der Waals surface area contributed by atoms with Gasteiger partial charge in [-0.15, -0.1) is 0 Å². The van der Waals surface area contributed by atoms with Gasteiger partial charge in [0, 0.05) is 6.54 Å². The molecule has 0 atom stereocenters. The SMILES string of the molecule is N#CCCNc1cocc1-c1nc2ccccc2[nH]1. The van der Waals surface area contributed by atoms with Crippen LogP contribution in [-0.2, 0) is 0 Å². The lowest BCUT2D eigenvalue weighted by Crippen LogP contribution is -2.00. The fourth-order valence-corrected chi connectivity index (χ4v) is 1.95. The van der Waals surface area contributed by atoms with Crippen molar-refractivity contribution in [2.45, 2.75) is 6.42 Å². The Morgan fingerprint density at radius 2 is 2.21 bits per heavy atom. The zero-order chi connectivity index (χ0) is 13.1. The van der Waals surface area contributed by atoms with Crippen LogP contribution in [0.15, 0.2) is 41.2 Å². The van der Waals surface area contributed by atoms with Crippen LogP contribution in [-0.4, -0.2) is 16.5 Å². The Hall–Kier alpha value is -2.74. The number of hydrogen-bond acceptors (Lipinski definition) is 4. The quantitative estimate of drug-likeness (QED) is 0.699. The van der Waals surface area contributed by atoms with E-state index >= 15 is 0 Å². The van der Waals surface area contributed by atoms with Crippen molar-refractivity contribution in [3.05, 3.63) is 36.8 Å². The summed E-state index contributed by atoms with van der Waals surface area (Å²) in [5, 5.41) is 11.7. The van der Waals surface area contributed by atoms with Crippen LogP contribution in [0.2, 0.25) is 0 Å². The Morgan fingerprint density at radius 3 is 3.05 bits per heavy atom. The fourth-order valence-electron chi connectivity index (χ4n) is 1.95. The average molecular weight is 252 g/mol. The van der Waals surface area contributed by atoms with Crippen LogP contribution in [0.4, 0.5) is 5.69 Å². The predicted octanol–water partition coefficient (Wildman–Crippen LogP) is 3.15. The van der Waals surface area contributed by atoms with Gasteiger partial charge in [0.15, 0.2) is 0 Å². The second-order valence-electron chi connectivity index (χ2n) is 4.14. The van der Waals surface area contributed by atoms with E-state index in [-0.39, 0.29) is 0 Å². The van der Waals surface area contributed by atoms with Gasteiger partial charge in [0.05, 0.1) is 34.8 Å². The van der Waals surface area contributed by atoms with Gasteiger partial charge in [-0.05, 0) is 12.1 Å². The van der Waals surface area contributed by atoms with Crippen LogP contribution >= 0.6 is 0 Å². The minimum atomic E-state index is 0.449. The van der Waals surface area contributed by atoms with Gasteiger partial charge in [0.25, 0.3) is 0 Å². The van der Waals surface area contributed by atoms with Gasteiger partial charge in [-0.3, -0.25) is 0 Å². The number of H-pyrrole nitrogens is 1. The molecule has 0 radical (unpaired) electrons. The lowest BCUT2D eigenvalue weighted by Gasteiger charge is -2.01. The van der Waals surface area contributed by atoms with E-state index in [4.69, 9.17) is 9.68 Å². The maximum absolute atomic E-state index is 8.54. The first-order valence-corrected chi connectivity index (χ1v) is 6.00. The van der Waals surface area contributed by atoms with Crippen molar-refractivity contribution in [2.75, 3.05) is 11.9 Å². The molecule has 1 aromatic carbocycles. The molecule has 0 amide bonds. The number of para-hydroxylation sites is 2. The van der Waals surface area contributed by atoms with Crippen LogP contribution in [0.25, 0.3) is 22.4 Å². The highest BCUT2D eigenvalue weighted by atomic mass is 16.3. The van der Waals surface area contributed by atoms with E-state index in [1.807, 2.05) is 24.3 Å². The predicted molar refractivity (Wildman–Crippen MR) is 72.5 cm³/mol. The van der Waals surface area contributed by atoms with Gasteiger partial charge in [-0.1, -0.05) is 12.1 Å². The molecule has 0 saturated heterocycles. The van der Waals surface area contributed by atoms with Crippen LogP contribution < -0.4 is 5.32 Å². The molecule has 2 aromatic heterocycles. The molecule has 5 nitrogen and oxygen atoms in total. The molecule has 3 rings (SSSR count). The van der Waals surface area contributed by atoms with Crippen molar-refractivity contribution in [1.29, 1.82) is 5.26 Å². The van der Waals surface area contributed by atoms with Crippen molar-refractivity contribution in [3.8, 4) is 17.5 Å². The topological polar surface area (TPSA) is 77.6 Å². The Labute approximate surface area is 109 Å². The fraction of sp³-hybridized carbons (Fsp3) is 0.143. The highest BCUT2D eigenvalue weighted by Crippen LogP contribution is 2.28. The van der Waals surface area contributed by atoms with Crippen molar-refractivity contribution >= 4 is 16.7 Å². The number of nitrogens with zero attached hydrogens (tertiary/aromatic N) is 2. The Bertz CT molecular complexity index is 702. The van der Waals surface area contributed by atoms with E-state index in [1.54, 1.807) is 12.5 Å². The summed E-state index contributed by atoms with van der Waals surface area (Å²) < 4.78 is 5.22. The summed E-state index contributed by atoms with van der Waals surface area (Å²) in [7, 11) is 0. The normalized spacial score (nSPS) is 10.5. The van der Waals surface area contributed by atoms with Gasteiger partial charge in [-0.2, -0.15) is 5.26 Å². The second kappa shape index (κ2) is 4.86. The molecule has 0 spiro atoms. The van der Waals surface area contributed by atoms with Crippen molar-refractivity contribution < 1.29 is 4.42 Å². The van der Waals surface area contributed by atoms with Crippen LogP contribution in [0.3, 0.4) is 0 Å². The molecule has 0 unspecified atom stereocenters. The third-order valence-corrected chi connectivity index (χ3v) is 2.86. The Morgan fingerprint density at radius 1 is 1.32 bits per heavy atom. The van der Waals surface area contributed by atoms with Crippen LogP contribution in [0, 0.1) is 11.3 Å². The standard InChI is InChI=1S/C14H12N4O/c15-6-3-7-16-13-9-19-8-10(13)14-17-11-4-1-2-5-12(11)18-14/h1-2,4-5,8-9,16H,3,7H2,(H,17,18). The summed E-state index contributed by atoms with van der Waals surface area (Å²) in [4.78, 5) is 7.78. The zero-order valence-corrected chi connectivity index (χ0v) is 10.2. The number of benzene rings is 1. The highest BCUT2D eigenvalue weighted by molar-refractivity contribution is 5.82. The first-order chi connectivity index (χ1) is 9.38. The van der Waals surface area contributed by atoms with Crippen molar-refractivity contribution in [1.82, 2.24) is 9.97 Å². The van der Waals surface area contributed by atoms with E-state index in [1.165, 1.54) is 0 Å². The number of aromatic amines is 1. The van der Waals surface area contributed by atoms with Crippen LogP contribution in [0.5, 0.6) is 0 Å². The first kappa shape index (κ1) is 11.4. The van der Waals surface area contributed by atoms with Gasteiger partial charge in [-0.25, -0.2) is 4.98 Å². The molecule has 5 heteroatoms. The van der Waals surface area contributed by atoms with Gasteiger partial charge in [0.1, 0.15) is 18.4 Å². The number of aromatic nitrogens is 2. The number of imidazole rings is 1. The van der Waals surface area contributed by atoms with E-state index in [2.05, 4.69) is 21.4 Å². The molecule has 2 N–H and O–H groups in total. The summed E-state index contributed by atoms with van der Waals surface area (Å²) in [5.74, 6) is 0.759. The first-order valence-electron chi connectivity index (χ1n) is 6.00. The van der Waals surface area contributed by atoms with E-state index in [0.29, 0.717) is 13.0 Å². The lowest BCUT2D eigenvalue weighted by molar-refractivity contribution is 0.568. The molecule has 2 heterocycles. The zero-order valence-electron chi connectivity index (χ0n) is 10.2. The third kappa shape index (κ3) is 2.16. The van der Waals surface area contributed by atoms with Crippen LogP contribution in [0.1, 0.15) is 6.42 Å². The molecule has 3 aromatic rings. The monoisotopic (exact) mass is 252 g/mol. The second-order valence-corrected chi connectivity index (χ2v) is 4.14. The summed E-state index contributed by atoms with van der Waals surface area (Å²) in [5.41, 5.74) is 3.62. The number of furan rings is 1. The number of nitrogens with one attached hydrogen (secondary N) is 2. The van der Waals surface area contributed by atoms with Gasteiger partial charge in [0.2, 0.25) is 0 Å². The smallest absolute Gasteiger partial charge is 0.143 e. The molecule has 94 valence electrons. The van der Waals surface area contributed by atoms with Gasteiger partial charge < -0.3 is 14.7 Å². The molecular formula is C14H12N4O. The highest BCUT2D eigenvalue weighted by Gasteiger charge is 2.11. The van der Waals surface area contributed by atoms with Gasteiger partial charge >= 0.3 is 0 Å². The van der Waals surface area contributed by atoms with Crippen molar-refractivity contribution in [3.63, 3.8) is 0 Å². The Kier molecular flexibility index (Phi) is 2.91. The van der Waals surface area contributed by atoms with E-state index < -0.39 is 0 Å². The number of nitriles is 1. The maximum Gasteiger partial charge on any atom is 0.143 e. The third-order valence-electron chi connectivity index (χ3n) is 2.86. The van der Waals surface area contributed by atoms with Crippen molar-refractivity contribution in [2.24, 2.45) is 0 Å². The number of rotatable bonds is 4. The molecule has 0 bridgehead atoms. The molecule has 0 saturated carbocycles.